The van der Waals surface area contributed by atoms with E-state index in [2.05, 4.69) is 10.2 Å². The number of hydrogen-bond donors (Lipinski definition) is 3. The van der Waals surface area contributed by atoms with Crippen LogP contribution in [0.2, 0.25) is 0 Å². The minimum absolute atomic E-state index is 0.0535. The number of phenols is 1. The van der Waals surface area contributed by atoms with Crippen molar-refractivity contribution in [1.82, 2.24) is 0 Å². The first-order valence-corrected chi connectivity index (χ1v) is 10.1. The lowest BCUT2D eigenvalue weighted by atomic mass is 10.0. The second kappa shape index (κ2) is 7.21. The number of rotatable bonds is 4. The molecule has 9 heteroatoms. The standard InChI is InChI=1S/C21H14N2O6S/c24-17-11-18(30(27,28)29)14-7-3-4-8-15(14)20(17)23-22-19-13-6-2-1-5-12(13)9-10-16(19)21(25)26/h1-11,24H,(H,25,26)(H,27,28,29). The zero-order valence-corrected chi connectivity index (χ0v) is 16.0. The molecule has 150 valence electrons. The summed E-state index contributed by atoms with van der Waals surface area (Å²) in [6.45, 7) is 0. The number of carboxylic acid groups (broad SMARTS) is 1. The summed E-state index contributed by atoms with van der Waals surface area (Å²) in [5, 5.41) is 29.7. The van der Waals surface area contributed by atoms with E-state index in [4.69, 9.17) is 0 Å². The number of phenolic OH excluding ortho intramolecular Hbond substituents is 1. The van der Waals surface area contributed by atoms with Crippen LogP contribution in [-0.4, -0.2) is 29.2 Å². The highest BCUT2D eigenvalue weighted by Gasteiger charge is 2.20. The van der Waals surface area contributed by atoms with Crippen molar-refractivity contribution in [2.45, 2.75) is 4.90 Å². The summed E-state index contributed by atoms with van der Waals surface area (Å²) in [4.78, 5) is 11.2. The third-order valence-corrected chi connectivity index (χ3v) is 5.51. The van der Waals surface area contributed by atoms with E-state index in [0.717, 1.165) is 11.5 Å². The first kappa shape index (κ1) is 19.5. The average Bonchev–Trinajstić information content (AvgIpc) is 2.71. The van der Waals surface area contributed by atoms with Gasteiger partial charge in [-0.05, 0) is 11.5 Å². The molecule has 4 aromatic rings. The highest BCUT2D eigenvalue weighted by molar-refractivity contribution is 7.86. The van der Waals surface area contributed by atoms with Crippen LogP contribution >= 0.6 is 0 Å². The molecule has 0 bridgehead atoms. The van der Waals surface area contributed by atoms with Crippen LogP contribution in [0.15, 0.2) is 81.9 Å². The molecule has 0 amide bonds. The Labute approximate surface area is 170 Å². The predicted octanol–water partition coefficient (Wildman–Crippen LogP) is 5.06. The van der Waals surface area contributed by atoms with Crippen LogP contribution in [0.25, 0.3) is 21.5 Å². The van der Waals surface area contributed by atoms with Gasteiger partial charge in [-0.25, -0.2) is 4.79 Å². The third kappa shape index (κ3) is 3.36. The topological polar surface area (TPSA) is 137 Å². The fourth-order valence-corrected chi connectivity index (χ4v) is 3.98. The van der Waals surface area contributed by atoms with Crippen molar-refractivity contribution in [3.8, 4) is 5.75 Å². The smallest absolute Gasteiger partial charge is 0.337 e. The number of aromatic hydroxyl groups is 1. The van der Waals surface area contributed by atoms with E-state index in [1.165, 1.54) is 18.2 Å². The van der Waals surface area contributed by atoms with Gasteiger partial charge in [0.1, 0.15) is 22.0 Å². The second-order valence-corrected chi connectivity index (χ2v) is 7.84. The van der Waals surface area contributed by atoms with E-state index in [-0.39, 0.29) is 27.7 Å². The maximum atomic E-state index is 11.7. The Morgan fingerprint density at radius 2 is 1.40 bits per heavy atom. The number of benzene rings is 4. The summed E-state index contributed by atoms with van der Waals surface area (Å²) >= 11 is 0. The number of hydrogen-bond acceptors (Lipinski definition) is 6. The van der Waals surface area contributed by atoms with E-state index in [1.54, 1.807) is 42.5 Å². The van der Waals surface area contributed by atoms with Gasteiger partial charge in [-0.2, -0.15) is 8.42 Å². The molecule has 30 heavy (non-hydrogen) atoms. The number of azo groups is 1. The third-order valence-electron chi connectivity index (χ3n) is 4.62. The molecular formula is C21H14N2O6S. The lowest BCUT2D eigenvalue weighted by Crippen LogP contribution is -1.99. The zero-order valence-electron chi connectivity index (χ0n) is 15.2. The summed E-state index contributed by atoms with van der Waals surface area (Å²) in [5.41, 5.74) is -0.0268. The van der Waals surface area contributed by atoms with Crippen molar-refractivity contribution in [2.75, 3.05) is 0 Å². The monoisotopic (exact) mass is 422 g/mol. The summed E-state index contributed by atoms with van der Waals surface area (Å²) in [7, 11) is -4.59. The predicted molar refractivity (Wildman–Crippen MR) is 111 cm³/mol. The molecule has 4 rings (SSSR count). The van der Waals surface area contributed by atoms with Crippen molar-refractivity contribution in [2.24, 2.45) is 10.2 Å². The molecule has 3 N–H and O–H groups in total. The van der Waals surface area contributed by atoms with Crippen molar-refractivity contribution in [3.63, 3.8) is 0 Å². The van der Waals surface area contributed by atoms with Crippen LogP contribution < -0.4 is 0 Å². The van der Waals surface area contributed by atoms with E-state index < -0.39 is 26.7 Å². The maximum Gasteiger partial charge on any atom is 0.337 e. The van der Waals surface area contributed by atoms with Gasteiger partial charge >= 0.3 is 5.97 Å². The molecule has 0 spiro atoms. The maximum absolute atomic E-state index is 11.7. The van der Waals surface area contributed by atoms with Crippen LogP contribution in [0.4, 0.5) is 11.4 Å². The largest absolute Gasteiger partial charge is 0.506 e. The highest BCUT2D eigenvalue weighted by Crippen LogP contribution is 2.41. The molecule has 8 nitrogen and oxygen atoms in total. The van der Waals surface area contributed by atoms with Crippen molar-refractivity contribution in [3.05, 3.63) is 72.3 Å². The van der Waals surface area contributed by atoms with Gasteiger partial charge in [0.05, 0.1) is 5.56 Å². The van der Waals surface area contributed by atoms with Gasteiger partial charge in [0, 0.05) is 22.2 Å². The van der Waals surface area contributed by atoms with E-state index >= 15 is 0 Å². The molecule has 0 saturated carbocycles. The lowest BCUT2D eigenvalue weighted by Gasteiger charge is -2.09. The Bertz CT molecular complexity index is 1460. The highest BCUT2D eigenvalue weighted by atomic mass is 32.2. The zero-order chi connectivity index (χ0) is 21.5. The number of nitrogens with zero attached hydrogens (tertiary/aromatic N) is 2. The number of fused-ring (bicyclic) bond motifs is 2. The van der Waals surface area contributed by atoms with Crippen molar-refractivity contribution < 1.29 is 28.0 Å². The Hall–Kier alpha value is -3.82. The molecule has 0 radical (unpaired) electrons. The molecule has 0 atom stereocenters. The van der Waals surface area contributed by atoms with Gasteiger partial charge in [0.15, 0.2) is 0 Å². The normalized spacial score (nSPS) is 12.0. The number of aromatic carboxylic acids is 1. The molecular weight excluding hydrogens is 408 g/mol. The summed E-state index contributed by atoms with van der Waals surface area (Å²) in [6, 6.07) is 17.1. The Kier molecular flexibility index (Phi) is 4.69. The van der Waals surface area contributed by atoms with Crippen LogP contribution in [0, 0.1) is 0 Å². The minimum atomic E-state index is -4.59. The lowest BCUT2D eigenvalue weighted by molar-refractivity contribution is 0.0698. The van der Waals surface area contributed by atoms with Gasteiger partial charge in [0.25, 0.3) is 10.1 Å². The molecule has 4 aromatic carbocycles. The van der Waals surface area contributed by atoms with Gasteiger partial charge in [-0.1, -0.05) is 54.6 Å². The Balaban J connectivity index is 1.98. The Morgan fingerprint density at radius 1 is 0.800 bits per heavy atom. The summed E-state index contributed by atoms with van der Waals surface area (Å²) in [5.74, 6) is -1.72. The summed E-state index contributed by atoms with van der Waals surface area (Å²) in [6.07, 6.45) is 0. The second-order valence-electron chi connectivity index (χ2n) is 6.45. The molecule has 0 aromatic heterocycles. The van der Waals surface area contributed by atoms with Gasteiger partial charge in [-0.15, -0.1) is 10.2 Å². The number of carbonyl (C=O) groups is 1. The quantitative estimate of drug-likeness (QED) is 0.311. The SMILES string of the molecule is O=C(O)c1ccc2ccccc2c1N=Nc1c(O)cc(S(=O)(=O)O)c2ccccc12. The molecule has 0 heterocycles. The summed E-state index contributed by atoms with van der Waals surface area (Å²) < 4.78 is 32.8. The number of carboxylic acids is 1. The molecule has 0 fully saturated rings. The van der Waals surface area contributed by atoms with Gasteiger partial charge < -0.3 is 10.2 Å². The molecule has 0 aliphatic heterocycles. The molecule has 0 aliphatic carbocycles. The van der Waals surface area contributed by atoms with Crippen molar-refractivity contribution in [1.29, 1.82) is 0 Å². The fraction of sp³-hybridized carbons (Fsp3) is 0. The average molecular weight is 422 g/mol. The molecule has 0 saturated heterocycles. The van der Waals surface area contributed by atoms with Crippen LogP contribution in [-0.2, 0) is 10.1 Å². The minimum Gasteiger partial charge on any atom is -0.506 e. The molecule has 0 aliphatic rings. The van der Waals surface area contributed by atoms with Gasteiger partial charge in [0.2, 0.25) is 0 Å². The van der Waals surface area contributed by atoms with Crippen LogP contribution in [0.1, 0.15) is 10.4 Å². The van der Waals surface area contributed by atoms with E-state index in [1.807, 2.05) is 0 Å². The van der Waals surface area contributed by atoms with Gasteiger partial charge in [-0.3, -0.25) is 4.55 Å². The first-order chi connectivity index (χ1) is 14.3. The molecule has 0 unspecified atom stereocenters. The fourth-order valence-electron chi connectivity index (χ4n) is 3.27. The first-order valence-electron chi connectivity index (χ1n) is 8.66. The Morgan fingerprint density at radius 3 is 2.07 bits per heavy atom. The van der Waals surface area contributed by atoms with Crippen LogP contribution in [0.3, 0.4) is 0 Å². The van der Waals surface area contributed by atoms with Crippen molar-refractivity contribution >= 4 is 49.0 Å². The van der Waals surface area contributed by atoms with E-state index in [0.29, 0.717) is 5.39 Å². The van der Waals surface area contributed by atoms with Crippen LogP contribution in [0.5, 0.6) is 5.75 Å². The van der Waals surface area contributed by atoms with E-state index in [9.17, 15) is 28.0 Å².